The van der Waals surface area contributed by atoms with Gasteiger partial charge < -0.3 is 9.84 Å². The van der Waals surface area contributed by atoms with Crippen LogP contribution in [0.3, 0.4) is 0 Å². The number of thiophene rings is 1. The lowest BCUT2D eigenvalue weighted by Crippen LogP contribution is -2.47. The van der Waals surface area contributed by atoms with E-state index in [0.29, 0.717) is 0 Å². The second-order valence-electron chi connectivity index (χ2n) is 5.08. The first-order chi connectivity index (χ1) is 8.59. The standard InChI is InChI=1S/C14H19NO2S/c1-14(2)11-15(5-7-17-14)9-13-8-12(10-18-13)4-3-6-16/h8,10,16H,5-7,9,11H2,1-2H3. The maximum atomic E-state index is 8.66. The SMILES string of the molecule is CC1(C)CN(Cc2cc(C#CCO)cs2)CCO1. The number of aliphatic hydroxyl groups is 1. The molecule has 3 nitrogen and oxygen atoms in total. The monoisotopic (exact) mass is 265 g/mol. The van der Waals surface area contributed by atoms with Crippen LogP contribution in [0.5, 0.6) is 0 Å². The molecule has 1 N–H and O–H groups in total. The summed E-state index contributed by atoms with van der Waals surface area (Å²) in [5, 5.41) is 10.7. The third-order valence-electron chi connectivity index (χ3n) is 2.85. The molecule has 1 aliphatic heterocycles. The van der Waals surface area contributed by atoms with Gasteiger partial charge in [0, 0.05) is 35.5 Å². The van der Waals surface area contributed by atoms with Crippen LogP contribution in [-0.4, -0.2) is 41.9 Å². The lowest BCUT2D eigenvalue weighted by molar-refractivity contribution is -0.0880. The summed E-state index contributed by atoms with van der Waals surface area (Å²) in [5.41, 5.74) is 0.950. The Bertz CT molecular complexity index is 456. The Morgan fingerprint density at radius 2 is 2.39 bits per heavy atom. The lowest BCUT2D eigenvalue weighted by Gasteiger charge is -2.37. The van der Waals surface area contributed by atoms with Crippen LogP contribution in [-0.2, 0) is 11.3 Å². The molecular weight excluding hydrogens is 246 g/mol. The molecule has 18 heavy (non-hydrogen) atoms. The number of rotatable bonds is 2. The zero-order valence-electron chi connectivity index (χ0n) is 10.9. The van der Waals surface area contributed by atoms with Gasteiger partial charge in [0.25, 0.3) is 0 Å². The molecule has 1 fully saturated rings. The summed E-state index contributed by atoms with van der Waals surface area (Å²) in [4.78, 5) is 3.73. The second kappa shape index (κ2) is 5.85. The van der Waals surface area contributed by atoms with E-state index >= 15 is 0 Å². The highest BCUT2D eigenvalue weighted by Gasteiger charge is 2.27. The van der Waals surface area contributed by atoms with Crippen molar-refractivity contribution >= 4 is 11.3 Å². The molecule has 0 atom stereocenters. The quantitative estimate of drug-likeness (QED) is 0.826. The van der Waals surface area contributed by atoms with Gasteiger partial charge >= 0.3 is 0 Å². The van der Waals surface area contributed by atoms with Gasteiger partial charge in [-0.05, 0) is 19.9 Å². The summed E-state index contributed by atoms with van der Waals surface area (Å²) in [6.45, 7) is 7.88. The van der Waals surface area contributed by atoms with Crippen LogP contribution in [0.2, 0.25) is 0 Å². The molecule has 0 spiro atoms. The van der Waals surface area contributed by atoms with Crippen molar-refractivity contribution in [3.8, 4) is 11.8 Å². The summed E-state index contributed by atoms with van der Waals surface area (Å²) >= 11 is 1.73. The minimum atomic E-state index is -0.0805. The molecule has 1 aromatic rings. The smallest absolute Gasteiger partial charge is 0.104 e. The van der Waals surface area contributed by atoms with Crippen LogP contribution < -0.4 is 0 Å². The number of nitrogens with zero attached hydrogens (tertiary/aromatic N) is 1. The zero-order valence-corrected chi connectivity index (χ0v) is 11.7. The van der Waals surface area contributed by atoms with Crippen LogP contribution >= 0.6 is 11.3 Å². The summed E-state index contributed by atoms with van der Waals surface area (Å²) < 4.78 is 5.70. The first kappa shape index (κ1) is 13.6. The van der Waals surface area contributed by atoms with E-state index in [-0.39, 0.29) is 12.2 Å². The van der Waals surface area contributed by atoms with Crippen LogP contribution in [0.1, 0.15) is 24.3 Å². The van der Waals surface area contributed by atoms with Crippen LogP contribution in [0.15, 0.2) is 11.4 Å². The molecule has 0 aromatic carbocycles. The van der Waals surface area contributed by atoms with E-state index in [4.69, 9.17) is 9.84 Å². The predicted molar refractivity (Wildman–Crippen MR) is 73.6 cm³/mol. The van der Waals surface area contributed by atoms with Crippen molar-refractivity contribution in [3.63, 3.8) is 0 Å². The number of aliphatic hydroxyl groups excluding tert-OH is 1. The van der Waals surface area contributed by atoms with Gasteiger partial charge in [-0.2, -0.15) is 0 Å². The summed E-state index contributed by atoms with van der Waals surface area (Å²) in [5.74, 6) is 5.61. The first-order valence-electron chi connectivity index (χ1n) is 6.12. The van der Waals surface area contributed by atoms with Crippen molar-refractivity contribution in [2.24, 2.45) is 0 Å². The van der Waals surface area contributed by atoms with E-state index in [1.54, 1.807) is 11.3 Å². The Morgan fingerprint density at radius 1 is 1.56 bits per heavy atom. The maximum absolute atomic E-state index is 8.66. The Balaban J connectivity index is 1.95. The minimum Gasteiger partial charge on any atom is -0.384 e. The minimum absolute atomic E-state index is 0.0466. The van der Waals surface area contributed by atoms with E-state index in [0.717, 1.165) is 31.8 Å². The van der Waals surface area contributed by atoms with Crippen molar-refractivity contribution in [2.75, 3.05) is 26.3 Å². The van der Waals surface area contributed by atoms with E-state index in [1.807, 2.05) is 5.38 Å². The van der Waals surface area contributed by atoms with Gasteiger partial charge in [-0.1, -0.05) is 11.8 Å². The van der Waals surface area contributed by atoms with Gasteiger partial charge in [0.15, 0.2) is 0 Å². The summed E-state index contributed by atoms with van der Waals surface area (Å²) in [6.07, 6.45) is 0. The molecule has 0 amide bonds. The van der Waals surface area contributed by atoms with E-state index in [9.17, 15) is 0 Å². The molecule has 0 unspecified atom stereocenters. The fraction of sp³-hybridized carbons (Fsp3) is 0.571. The van der Waals surface area contributed by atoms with Crippen LogP contribution in [0.25, 0.3) is 0 Å². The van der Waals surface area contributed by atoms with Gasteiger partial charge in [0.2, 0.25) is 0 Å². The van der Waals surface area contributed by atoms with Crippen molar-refractivity contribution in [2.45, 2.75) is 26.0 Å². The maximum Gasteiger partial charge on any atom is 0.104 e. The number of hydrogen-bond donors (Lipinski definition) is 1. The highest BCUT2D eigenvalue weighted by molar-refractivity contribution is 7.10. The molecule has 0 bridgehead atoms. The average molecular weight is 265 g/mol. The summed E-state index contributed by atoms with van der Waals surface area (Å²) in [6, 6.07) is 2.11. The molecule has 0 radical (unpaired) electrons. The Hall–Kier alpha value is -0.860. The van der Waals surface area contributed by atoms with Crippen LogP contribution in [0, 0.1) is 11.8 Å². The summed E-state index contributed by atoms with van der Waals surface area (Å²) in [7, 11) is 0. The number of morpholine rings is 1. The molecule has 1 saturated heterocycles. The van der Waals surface area contributed by atoms with Gasteiger partial charge in [-0.15, -0.1) is 11.3 Å². The van der Waals surface area contributed by atoms with Gasteiger partial charge in [-0.3, -0.25) is 4.90 Å². The zero-order chi connectivity index (χ0) is 13.0. The van der Waals surface area contributed by atoms with Crippen molar-refractivity contribution in [3.05, 3.63) is 21.9 Å². The average Bonchev–Trinajstić information content (AvgIpc) is 2.73. The largest absolute Gasteiger partial charge is 0.384 e. The van der Waals surface area contributed by atoms with Crippen molar-refractivity contribution in [1.82, 2.24) is 4.90 Å². The van der Waals surface area contributed by atoms with Crippen molar-refractivity contribution in [1.29, 1.82) is 0 Å². The molecule has 98 valence electrons. The van der Waals surface area contributed by atoms with Crippen molar-refractivity contribution < 1.29 is 9.84 Å². The van der Waals surface area contributed by atoms with Crippen LogP contribution in [0.4, 0.5) is 0 Å². The fourth-order valence-corrected chi connectivity index (χ4v) is 3.00. The molecule has 2 heterocycles. The number of hydrogen-bond acceptors (Lipinski definition) is 4. The highest BCUT2D eigenvalue weighted by atomic mass is 32.1. The predicted octanol–water partition coefficient (Wildman–Crippen LogP) is 1.70. The topological polar surface area (TPSA) is 32.7 Å². The molecule has 1 aromatic heterocycles. The van der Waals surface area contributed by atoms with Gasteiger partial charge in [-0.25, -0.2) is 0 Å². The normalized spacial score (nSPS) is 19.3. The first-order valence-corrected chi connectivity index (χ1v) is 7.00. The lowest BCUT2D eigenvalue weighted by atomic mass is 10.1. The van der Waals surface area contributed by atoms with E-state index in [2.05, 4.69) is 36.7 Å². The fourth-order valence-electron chi connectivity index (χ4n) is 2.14. The highest BCUT2D eigenvalue weighted by Crippen LogP contribution is 2.21. The molecule has 0 saturated carbocycles. The molecule has 0 aliphatic carbocycles. The Labute approximate surface area is 112 Å². The molecular formula is C14H19NO2S. The number of ether oxygens (including phenoxy) is 1. The second-order valence-corrected chi connectivity index (χ2v) is 6.08. The molecule has 2 rings (SSSR count). The third kappa shape index (κ3) is 3.82. The van der Waals surface area contributed by atoms with Gasteiger partial charge in [0.1, 0.15) is 6.61 Å². The van der Waals surface area contributed by atoms with E-state index < -0.39 is 0 Å². The third-order valence-corrected chi connectivity index (χ3v) is 3.77. The van der Waals surface area contributed by atoms with Gasteiger partial charge in [0.05, 0.1) is 12.2 Å². The Morgan fingerprint density at radius 3 is 3.11 bits per heavy atom. The van der Waals surface area contributed by atoms with E-state index in [1.165, 1.54) is 4.88 Å². The Kier molecular flexibility index (Phi) is 4.41. The molecule has 1 aliphatic rings. The molecule has 4 heteroatoms.